The third-order valence-corrected chi connectivity index (χ3v) is 2.94. The molecule has 1 aromatic rings. The molecule has 0 atom stereocenters. The van der Waals surface area contributed by atoms with Gasteiger partial charge in [0.1, 0.15) is 11.8 Å². The zero-order valence-corrected chi connectivity index (χ0v) is 10.6. The van der Waals surface area contributed by atoms with E-state index < -0.39 is 0 Å². The van der Waals surface area contributed by atoms with Crippen molar-refractivity contribution in [2.75, 3.05) is 39.4 Å². The van der Waals surface area contributed by atoms with Gasteiger partial charge in [0.15, 0.2) is 0 Å². The van der Waals surface area contributed by atoms with Crippen LogP contribution in [0.15, 0.2) is 18.3 Å². The number of ether oxygens (including phenoxy) is 1. The van der Waals surface area contributed by atoms with E-state index in [1.54, 1.807) is 12.1 Å². The van der Waals surface area contributed by atoms with Gasteiger partial charge in [0.25, 0.3) is 5.91 Å². The number of hydrogen-bond acceptors (Lipinski definition) is 5. The predicted molar refractivity (Wildman–Crippen MR) is 68.5 cm³/mol. The Morgan fingerprint density at radius 3 is 2.89 bits per heavy atom. The van der Waals surface area contributed by atoms with E-state index >= 15 is 0 Å². The van der Waals surface area contributed by atoms with Gasteiger partial charge in [-0.1, -0.05) is 0 Å². The van der Waals surface area contributed by atoms with Crippen molar-refractivity contribution in [1.82, 2.24) is 15.2 Å². The lowest BCUT2D eigenvalue weighted by molar-refractivity contribution is 0.0383. The minimum atomic E-state index is -0.210. The topological polar surface area (TPSA) is 78.2 Å². The highest BCUT2D eigenvalue weighted by Crippen LogP contribution is 1.99. The minimum absolute atomic E-state index is 0.210. The van der Waals surface area contributed by atoms with Gasteiger partial charge < -0.3 is 10.1 Å². The summed E-state index contributed by atoms with van der Waals surface area (Å²) >= 11 is 0. The predicted octanol–water partition coefficient (Wildman–Crippen LogP) is 0.0153. The van der Waals surface area contributed by atoms with Crippen LogP contribution in [-0.2, 0) is 4.74 Å². The zero-order chi connectivity index (χ0) is 13.5. The maximum Gasteiger partial charge on any atom is 0.269 e. The molecule has 1 amide bonds. The quantitative estimate of drug-likeness (QED) is 0.825. The van der Waals surface area contributed by atoms with Crippen molar-refractivity contribution in [3.8, 4) is 6.07 Å². The van der Waals surface area contributed by atoms with Crippen LogP contribution in [0.3, 0.4) is 0 Å². The molecule has 1 aliphatic rings. The molecule has 2 rings (SSSR count). The molecule has 0 unspecified atom stereocenters. The highest BCUT2D eigenvalue weighted by atomic mass is 16.5. The number of hydrogen-bond donors (Lipinski definition) is 1. The van der Waals surface area contributed by atoms with Crippen LogP contribution in [-0.4, -0.2) is 55.2 Å². The molecule has 1 aromatic heterocycles. The van der Waals surface area contributed by atoms with Crippen molar-refractivity contribution in [1.29, 1.82) is 5.26 Å². The summed E-state index contributed by atoms with van der Waals surface area (Å²) in [5, 5.41) is 11.5. The Hall–Kier alpha value is -1.97. The smallest absolute Gasteiger partial charge is 0.269 e. The van der Waals surface area contributed by atoms with Crippen molar-refractivity contribution < 1.29 is 9.53 Å². The summed E-state index contributed by atoms with van der Waals surface area (Å²) in [5.41, 5.74) is 0.783. The molecule has 0 saturated carbocycles. The number of aromatic nitrogens is 1. The number of carbonyl (C=O) groups is 1. The molecular formula is C13H16N4O2. The fourth-order valence-electron chi connectivity index (χ4n) is 1.84. The minimum Gasteiger partial charge on any atom is -0.379 e. The van der Waals surface area contributed by atoms with E-state index in [2.05, 4.69) is 15.2 Å². The number of morpholine rings is 1. The first-order valence-corrected chi connectivity index (χ1v) is 6.24. The molecule has 1 fully saturated rings. The van der Waals surface area contributed by atoms with Gasteiger partial charge in [0.05, 0.1) is 18.8 Å². The van der Waals surface area contributed by atoms with Gasteiger partial charge in [0, 0.05) is 32.4 Å². The van der Waals surface area contributed by atoms with E-state index in [1.807, 2.05) is 6.07 Å². The van der Waals surface area contributed by atoms with E-state index in [-0.39, 0.29) is 5.91 Å². The number of rotatable bonds is 4. The van der Waals surface area contributed by atoms with Crippen LogP contribution in [0.25, 0.3) is 0 Å². The van der Waals surface area contributed by atoms with Crippen molar-refractivity contribution in [2.24, 2.45) is 0 Å². The van der Waals surface area contributed by atoms with Crippen molar-refractivity contribution >= 4 is 5.91 Å². The van der Waals surface area contributed by atoms with E-state index in [0.29, 0.717) is 17.8 Å². The average Bonchev–Trinajstić information content (AvgIpc) is 2.48. The molecular weight excluding hydrogens is 244 g/mol. The normalized spacial score (nSPS) is 15.7. The second-order valence-corrected chi connectivity index (χ2v) is 4.25. The maximum absolute atomic E-state index is 11.8. The Balaban J connectivity index is 1.75. The van der Waals surface area contributed by atoms with Crippen molar-refractivity contribution in [3.63, 3.8) is 0 Å². The van der Waals surface area contributed by atoms with E-state index in [4.69, 9.17) is 10.00 Å². The number of carbonyl (C=O) groups excluding carboxylic acids is 1. The van der Waals surface area contributed by atoms with Gasteiger partial charge in [-0.05, 0) is 12.1 Å². The van der Waals surface area contributed by atoms with Crippen LogP contribution in [0.1, 0.15) is 16.1 Å². The molecule has 0 spiro atoms. The van der Waals surface area contributed by atoms with Gasteiger partial charge in [0.2, 0.25) is 0 Å². The lowest BCUT2D eigenvalue weighted by Crippen LogP contribution is -2.41. The third-order valence-electron chi connectivity index (χ3n) is 2.94. The van der Waals surface area contributed by atoms with Crippen LogP contribution in [0.2, 0.25) is 0 Å². The highest BCUT2D eigenvalue weighted by molar-refractivity contribution is 5.92. The molecule has 1 saturated heterocycles. The summed E-state index contributed by atoms with van der Waals surface area (Å²) in [4.78, 5) is 18.0. The Morgan fingerprint density at radius 1 is 1.47 bits per heavy atom. The molecule has 0 aromatic carbocycles. The number of amides is 1. The van der Waals surface area contributed by atoms with E-state index in [0.717, 1.165) is 32.8 Å². The van der Waals surface area contributed by atoms with Crippen molar-refractivity contribution in [2.45, 2.75) is 0 Å². The molecule has 1 N–H and O–H groups in total. The molecule has 19 heavy (non-hydrogen) atoms. The third kappa shape index (κ3) is 4.02. The summed E-state index contributed by atoms with van der Waals surface area (Å²) in [6.07, 6.45) is 1.40. The van der Waals surface area contributed by atoms with E-state index in [1.165, 1.54) is 6.20 Å². The zero-order valence-electron chi connectivity index (χ0n) is 10.6. The Bertz CT molecular complexity index is 461. The Labute approximate surface area is 112 Å². The SMILES string of the molecule is N#Cc1ccc(C(=O)NCCN2CCOCC2)nc1. The van der Waals surface area contributed by atoms with Crippen LogP contribution >= 0.6 is 0 Å². The molecule has 6 heteroatoms. The standard InChI is InChI=1S/C13H16N4O2/c14-9-11-1-2-12(16-10-11)13(18)15-3-4-17-5-7-19-8-6-17/h1-2,10H,3-8H2,(H,15,18). The van der Waals surface area contributed by atoms with Crippen LogP contribution in [0.5, 0.6) is 0 Å². The molecule has 1 aliphatic heterocycles. The second kappa shape index (κ2) is 6.83. The molecule has 100 valence electrons. The fourth-order valence-corrected chi connectivity index (χ4v) is 1.84. The monoisotopic (exact) mass is 260 g/mol. The Kier molecular flexibility index (Phi) is 4.84. The van der Waals surface area contributed by atoms with Gasteiger partial charge in [-0.15, -0.1) is 0 Å². The second-order valence-electron chi connectivity index (χ2n) is 4.25. The lowest BCUT2D eigenvalue weighted by Gasteiger charge is -2.26. The average molecular weight is 260 g/mol. The number of nitrogens with zero attached hydrogens (tertiary/aromatic N) is 3. The Morgan fingerprint density at radius 2 is 2.26 bits per heavy atom. The van der Waals surface area contributed by atoms with Crippen LogP contribution in [0.4, 0.5) is 0 Å². The number of pyridine rings is 1. The summed E-state index contributed by atoms with van der Waals surface area (Å²) in [6, 6.07) is 5.11. The van der Waals surface area contributed by atoms with Crippen molar-refractivity contribution in [3.05, 3.63) is 29.6 Å². The summed E-state index contributed by atoms with van der Waals surface area (Å²) in [7, 11) is 0. The molecule has 0 bridgehead atoms. The largest absolute Gasteiger partial charge is 0.379 e. The summed E-state index contributed by atoms with van der Waals surface area (Å²) in [5.74, 6) is -0.210. The van der Waals surface area contributed by atoms with E-state index in [9.17, 15) is 4.79 Å². The maximum atomic E-state index is 11.8. The lowest BCUT2D eigenvalue weighted by atomic mass is 10.2. The number of nitriles is 1. The van der Waals surface area contributed by atoms with Gasteiger partial charge in [-0.2, -0.15) is 5.26 Å². The number of nitrogens with one attached hydrogen (secondary N) is 1. The van der Waals surface area contributed by atoms with Gasteiger partial charge in [-0.3, -0.25) is 9.69 Å². The highest BCUT2D eigenvalue weighted by Gasteiger charge is 2.11. The first-order chi connectivity index (χ1) is 9.29. The molecule has 2 heterocycles. The fraction of sp³-hybridized carbons (Fsp3) is 0.462. The summed E-state index contributed by atoms with van der Waals surface area (Å²) in [6.45, 7) is 4.72. The first kappa shape index (κ1) is 13.5. The molecule has 6 nitrogen and oxygen atoms in total. The van der Waals surface area contributed by atoms with Gasteiger partial charge in [-0.25, -0.2) is 4.98 Å². The molecule has 0 radical (unpaired) electrons. The van der Waals surface area contributed by atoms with Gasteiger partial charge >= 0.3 is 0 Å². The van der Waals surface area contributed by atoms with Crippen LogP contribution < -0.4 is 5.32 Å². The van der Waals surface area contributed by atoms with Crippen LogP contribution in [0, 0.1) is 11.3 Å². The molecule has 0 aliphatic carbocycles. The summed E-state index contributed by atoms with van der Waals surface area (Å²) < 4.78 is 5.25. The first-order valence-electron chi connectivity index (χ1n) is 6.24.